The number of benzene rings is 2. The minimum Gasteiger partial charge on any atom is -0.495 e. The fourth-order valence-electron chi connectivity index (χ4n) is 4.51. The van der Waals surface area contributed by atoms with Crippen molar-refractivity contribution in [3.05, 3.63) is 59.6 Å². The third-order valence-corrected chi connectivity index (χ3v) is 6.71. The van der Waals surface area contributed by atoms with Gasteiger partial charge in [0.05, 0.1) is 24.9 Å². The van der Waals surface area contributed by atoms with Gasteiger partial charge in [-0.05, 0) is 56.1 Å². The van der Waals surface area contributed by atoms with Gasteiger partial charge in [0.2, 0.25) is 17.7 Å². The highest BCUT2D eigenvalue weighted by Gasteiger charge is 2.21. The molecule has 1 aliphatic heterocycles. The number of ether oxygens (including phenoxy) is 1. The summed E-state index contributed by atoms with van der Waals surface area (Å²) in [5, 5.41) is 13.0. The van der Waals surface area contributed by atoms with Gasteiger partial charge in [0.1, 0.15) is 12.3 Å². The summed E-state index contributed by atoms with van der Waals surface area (Å²) >= 11 is 6.10. The first kappa shape index (κ1) is 23.4. The number of fused-ring (bicyclic) bond motifs is 1. The lowest BCUT2D eigenvalue weighted by Crippen LogP contribution is -2.32. The Morgan fingerprint density at radius 1 is 1.20 bits per heavy atom. The van der Waals surface area contributed by atoms with E-state index in [1.807, 2.05) is 35.0 Å². The number of halogens is 1. The van der Waals surface area contributed by atoms with E-state index in [0.29, 0.717) is 34.8 Å². The smallest absolute Gasteiger partial charge is 0.249 e. The number of nitrogens with zero attached hydrogens (tertiary/aromatic N) is 4. The van der Waals surface area contributed by atoms with E-state index >= 15 is 0 Å². The van der Waals surface area contributed by atoms with Crippen LogP contribution in [-0.4, -0.2) is 45.8 Å². The monoisotopic (exact) mass is 493 g/mol. The predicted octanol–water partition coefficient (Wildman–Crippen LogP) is 5.22. The second kappa shape index (κ2) is 10.1. The molecule has 182 valence electrons. The van der Waals surface area contributed by atoms with Gasteiger partial charge < -0.3 is 19.0 Å². The number of rotatable bonds is 7. The molecule has 0 aliphatic carbocycles. The zero-order chi connectivity index (χ0) is 24.4. The highest BCUT2D eigenvalue weighted by Crippen LogP contribution is 2.31. The van der Waals surface area contributed by atoms with Crippen LogP contribution in [0.25, 0.3) is 22.4 Å². The number of methoxy groups -OCH3 is 1. The van der Waals surface area contributed by atoms with Crippen molar-refractivity contribution in [1.29, 1.82) is 0 Å². The molecule has 8 nitrogen and oxygen atoms in total. The molecule has 0 saturated carbocycles. The van der Waals surface area contributed by atoms with Gasteiger partial charge in [-0.15, -0.1) is 10.2 Å². The summed E-state index contributed by atoms with van der Waals surface area (Å²) in [6.45, 7) is 5.14. The third kappa shape index (κ3) is 5.18. The van der Waals surface area contributed by atoms with Gasteiger partial charge in [-0.3, -0.25) is 9.69 Å². The van der Waals surface area contributed by atoms with Gasteiger partial charge >= 0.3 is 0 Å². The highest BCUT2D eigenvalue weighted by molar-refractivity contribution is 6.31. The minimum absolute atomic E-state index is 0.100. The van der Waals surface area contributed by atoms with Crippen LogP contribution in [0.2, 0.25) is 5.02 Å². The Bertz CT molecular complexity index is 1340. The van der Waals surface area contributed by atoms with Gasteiger partial charge in [-0.25, -0.2) is 0 Å². The number of para-hydroxylation sites is 1. The quantitative estimate of drug-likeness (QED) is 0.379. The Hall–Kier alpha value is -3.36. The van der Waals surface area contributed by atoms with Crippen LogP contribution >= 0.6 is 11.6 Å². The van der Waals surface area contributed by atoms with E-state index in [4.69, 9.17) is 20.8 Å². The number of aromatic nitrogens is 3. The molecule has 0 unspecified atom stereocenters. The van der Waals surface area contributed by atoms with Gasteiger partial charge in [0.15, 0.2) is 0 Å². The molecule has 0 atom stereocenters. The lowest BCUT2D eigenvalue weighted by molar-refractivity contribution is -0.116. The van der Waals surface area contributed by atoms with Crippen molar-refractivity contribution in [2.45, 2.75) is 32.9 Å². The summed E-state index contributed by atoms with van der Waals surface area (Å²) in [7, 11) is 1.55. The second-order valence-corrected chi connectivity index (χ2v) is 9.48. The molecule has 3 heterocycles. The first-order valence-electron chi connectivity index (χ1n) is 11.8. The Morgan fingerprint density at radius 3 is 2.80 bits per heavy atom. The molecule has 1 saturated heterocycles. The maximum absolute atomic E-state index is 12.9. The zero-order valence-corrected chi connectivity index (χ0v) is 20.6. The second-order valence-electron chi connectivity index (χ2n) is 9.04. The maximum atomic E-state index is 12.9. The van der Waals surface area contributed by atoms with E-state index in [-0.39, 0.29) is 12.5 Å². The van der Waals surface area contributed by atoms with Crippen LogP contribution in [0.1, 0.15) is 25.7 Å². The van der Waals surface area contributed by atoms with Crippen molar-refractivity contribution in [2.24, 2.45) is 5.92 Å². The molecule has 35 heavy (non-hydrogen) atoms. The molecule has 5 rings (SSSR count). The number of hydrogen-bond donors (Lipinski definition) is 1. The number of anilines is 1. The van der Waals surface area contributed by atoms with Gasteiger partial charge in [-0.1, -0.05) is 36.7 Å². The Kier molecular flexibility index (Phi) is 6.74. The molecule has 0 radical (unpaired) electrons. The number of hydrogen-bond acceptors (Lipinski definition) is 6. The average Bonchev–Trinajstić information content (AvgIpc) is 3.45. The molecule has 0 bridgehead atoms. The van der Waals surface area contributed by atoms with Gasteiger partial charge in [0, 0.05) is 22.1 Å². The summed E-state index contributed by atoms with van der Waals surface area (Å²) in [5.74, 6) is 2.17. The van der Waals surface area contributed by atoms with Crippen molar-refractivity contribution >= 4 is 34.1 Å². The maximum Gasteiger partial charge on any atom is 0.249 e. The van der Waals surface area contributed by atoms with Crippen LogP contribution in [0.5, 0.6) is 5.75 Å². The normalized spacial score (nSPS) is 14.9. The lowest BCUT2D eigenvalue weighted by Gasteiger charge is -2.28. The first-order chi connectivity index (χ1) is 17.0. The van der Waals surface area contributed by atoms with Crippen LogP contribution in [-0.2, 0) is 17.9 Å². The number of carbonyl (C=O) groups is 1. The van der Waals surface area contributed by atoms with E-state index in [9.17, 15) is 4.79 Å². The summed E-state index contributed by atoms with van der Waals surface area (Å²) < 4.78 is 13.3. The van der Waals surface area contributed by atoms with Crippen LogP contribution in [0.4, 0.5) is 5.69 Å². The Labute approximate surface area is 208 Å². The Balaban J connectivity index is 1.36. The lowest BCUT2D eigenvalue weighted by atomic mass is 9.99. The van der Waals surface area contributed by atoms with Gasteiger partial charge in [-0.2, -0.15) is 0 Å². The molecule has 2 aromatic carbocycles. The van der Waals surface area contributed by atoms with Crippen molar-refractivity contribution in [2.75, 3.05) is 25.5 Å². The fourth-order valence-corrected chi connectivity index (χ4v) is 4.68. The highest BCUT2D eigenvalue weighted by atomic mass is 35.5. The predicted molar refractivity (Wildman–Crippen MR) is 136 cm³/mol. The summed E-state index contributed by atoms with van der Waals surface area (Å²) in [5.41, 5.74) is 2.23. The largest absolute Gasteiger partial charge is 0.495 e. The number of nitrogens with one attached hydrogen (secondary N) is 1. The summed E-state index contributed by atoms with van der Waals surface area (Å²) in [6.07, 6.45) is 4.27. The number of likely N-dealkylation sites (tertiary alicyclic amines) is 1. The van der Waals surface area contributed by atoms with Gasteiger partial charge in [0.25, 0.3) is 0 Å². The Morgan fingerprint density at radius 2 is 2.00 bits per heavy atom. The number of piperidine rings is 1. The van der Waals surface area contributed by atoms with E-state index < -0.39 is 0 Å². The molecule has 1 aliphatic rings. The molecule has 1 N–H and O–H groups in total. The van der Waals surface area contributed by atoms with E-state index in [0.717, 1.165) is 35.5 Å². The third-order valence-electron chi connectivity index (χ3n) is 6.47. The van der Waals surface area contributed by atoms with Crippen molar-refractivity contribution in [3.8, 4) is 17.2 Å². The summed E-state index contributed by atoms with van der Waals surface area (Å²) in [4.78, 5) is 15.3. The number of amides is 1. The van der Waals surface area contributed by atoms with E-state index in [1.54, 1.807) is 25.3 Å². The fraction of sp³-hybridized carbons (Fsp3) is 0.346. The SMILES string of the molecule is COc1ccc(Cl)cc1NC(=O)Cn1cc(-c2nnc(CN3CCC(C)CC3)o2)c2ccccc21. The van der Waals surface area contributed by atoms with Crippen molar-refractivity contribution in [3.63, 3.8) is 0 Å². The molecule has 1 amide bonds. The number of carbonyl (C=O) groups excluding carboxylic acids is 1. The zero-order valence-electron chi connectivity index (χ0n) is 19.8. The average molecular weight is 494 g/mol. The summed E-state index contributed by atoms with van der Waals surface area (Å²) in [6, 6.07) is 13.0. The molecular formula is C26H28ClN5O3. The van der Waals surface area contributed by atoms with Crippen LogP contribution in [0, 0.1) is 5.92 Å². The standard InChI is InChI=1S/C26H28ClN5O3/c1-17-9-11-31(12-10-17)16-25-29-30-26(35-25)20-14-32(22-6-4-3-5-19(20)22)15-24(33)28-21-13-18(27)7-8-23(21)34-2/h3-8,13-14,17H,9-12,15-16H2,1-2H3,(H,28,33). The van der Waals surface area contributed by atoms with Crippen LogP contribution in [0.3, 0.4) is 0 Å². The molecule has 1 fully saturated rings. The molecule has 0 spiro atoms. The van der Waals surface area contributed by atoms with Crippen LogP contribution in [0.15, 0.2) is 53.1 Å². The molecule has 2 aromatic heterocycles. The van der Waals surface area contributed by atoms with Crippen molar-refractivity contribution < 1.29 is 13.9 Å². The van der Waals surface area contributed by atoms with Crippen LogP contribution < -0.4 is 10.1 Å². The minimum atomic E-state index is -0.205. The van der Waals surface area contributed by atoms with E-state index in [2.05, 4.69) is 27.3 Å². The molecule has 9 heteroatoms. The first-order valence-corrected chi connectivity index (χ1v) is 12.1. The van der Waals surface area contributed by atoms with Crippen molar-refractivity contribution in [1.82, 2.24) is 19.7 Å². The topological polar surface area (TPSA) is 85.4 Å². The molecular weight excluding hydrogens is 466 g/mol. The van der Waals surface area contributed by atoms with E-state index in [1.165, 1.54) is 12.8 Å². The molecule has 4 aromatic rings.